The number of nitrogens with zero attached hydrogens (tertiary/aromatic N) is 1. The van der Waals surface area contributed by atoms with Crippen LogP contribution in [0, 0.1) is 0 Å². The molecule has 1 fully saturated rings. The van der Waals surface area contributed by atoms with Crippen molar-refractivity contribution in [3.8, 4) is 0 Å². The molecule has 1 heterocycles. The molecule has 2 N–H and O–H groups in total. The van der Waals surface area contributed by atoms with Crippen LogP contribution in [0.25, 0.3) is 0 Å². The van der Waals surface area contributed by atoms with Crippen LogP contribution in [0.3, 0.4) is 0 Å². The normalized spacial score (nSPS) is 24.9. The molecule has 0 saturated carbocycles. The molecule has 0 aliphatic carbocycles. The smallest absolute Gasteiger partial charge is 0.0446 e. The summed E-state index contributed by atoms with van der Waals surface area (Å²) in [6, 6.07) is 0.510. The number of aliphatic hydroxyl groups is 1. The lowest BCUT2D eigenvalue weighted by Crippen LogP contribution is -2.51. The van der Waals surface area contributed by atoms with Crippen LogP contribution < -0.4 is 5.32 Å². The van der Waals surface area contributed by atoms with Crippen molar-refractivity contribution in [1.82, 2.24) is 10.2 Å². The van der Waals surface area contributed by atoms with Crippen molar-refractivity contribution in [2.75, 3.05) is 32.8 Å². The van der Waals surface area contributed by atoms with Crippen LogP contribution in [-0.4, -0.2) is 48.8 Å². The Bertz CT molecular complexity index is 128. The van der Waals surface area contributed by atoms with Gasteiger partial charge in [0, 0.05) is 32.3 Å². The molecule has 1 aliphatic heterocycles. The summed E-state index contributed by atoms with van der Waals surface area (Å²) >= 11 is 0. The van der Waals surface area contributed by atoms with Gasteiger partial charge in [0.05, 0.1) is 0 Å². The summed E-state index contributed by atoms with van der Waals surface area (Å²) < 4.78 is 0. The van der Waals surface area contributed by atoms with E-state index in [0.29, 0.717) is 12.6 Å². The predicted molar refractivity (Wildman–Crippen MR) is 54.8 cm³/mol. The molecule has 0 spiro atoms. The highest BCUT2D eigenvalue weighted by Crippen LogP contribution is 2.03. The highest BCUT2D eigenvalue weighted by atomic mass is 16.3. The zero-order valence-electron chi connectivity index (χ0n) is 8.63. The average Bonchev–Trinajstić information content (AvgIpc) is 2.16. The van der Waals surface area contributed by atoms with E-state index in [-0.39, 0.29) is 0 Å². The van der Waals surface area contributed by atoms with Crippen LogP contribution in [0.4, 0.5) is 0 Å². The third-order valence-corrected chi connectivity index (χ3v) is 2.65. The van der Waals surface area contributed by atoms with E-state index in [1.165, 1.54) is 25.9 Å². The number of unbranched alkanes of at least 4 members (excludes halogenated alkanes) is 1. The molecule has 0 amide bonds. The fourth-order valence-corrected chi connectivity index (χ4v) is 1.83. The number of nitrogens with one attached hydrogen (secondary N) is 1. The molecule has 1 atom stereocenters. The molecular formula is C10H22N2O. The van der Waals surface area contributed by atoms with Gasteiger partial charge in [0.15, 0.2) is 0 Å². The van der Waals surface area contributed by atoms with Crippen LogP contribution >= 0.6 is 0 Å². The third-order valence-electron chi connectivity index (χ3n) is 2.65. The Hall–Kier alpha value is -0.120. The first-order valence-electron chi connectivity index (χ1n) is 5.43. The first-order valence-corrected chi connectivity index (χ1v) is 5.43. The second-order valence-electron chi connectivity index (χ2n) is 3.82. The lowest BCUT2D eigenvalue weighted by molar-refractivity contribution is 0.172. The van der Waals surface area contributed by atoms with Gasteiger partial charge in [-0.05, 0) is 19.4 Å². The summed E-state index contributed by atoms with van der Waals surface area (Å²) in [5, 5.41) is 12.2. The lowest BCUT2D eigenvalue weighted by atomic mass is 10.1. The first-order chi connectivity index (χ1) is 6.36. The molecule has 78 valence electrons. The Morgan fingerprint density at radius 3 is 3.08 bits per heavy atom. The number of hydrogen-bond donors (Lipinski definition) is 2. The second kappa shape index (κ2) is 6.35. The zero-order chi connectivity index (χ0) is 9.52. The summed E-state index contributed by atoms with van der Waals surface area (Å²) in [5.41, 5.74) is 0. The number of hydrogen-bond acceptors (Lipinski definition) is 3. The Labute approximate surface area is 81.1 Å². The molecular weight excluding hydrogens is 164 g/mol. The van der Waals surface area contributed by atoms with Gasteiger partial charge in [-0.2, -0.15) is 0 Å². The van der Waals surface area contributed by atoms with Gasteiger partial charge in [-0.1, -0.05) is 13.3 Å². The van der Waals surface area contributed by atoms with E-state index in [1.807, 2.05) is 0 Å². The highest BCUT2D eigenvalue weighted by Gasteiger charge is 2.17. The number of piperazine rings is 1. The van der Waals surface area contributed by atoms with Crippen molar-refractivity contribution < 1.29 is 5.11 Å². The van der Waals surface area contributed by atoms with E-state index >= 15 is 0 Å². The molecule has 0 aromatic carbocycles. The second-order valence-corrected chi connectivity index (χ2v) is 3.82. The van der Waals surface area contributed by atoms with Crippen LogP contribution in [-0.2, 0) is 0 Å². The van der Waals surface area contributed by atoms with Crippen LogP contribution in [0.15, 0.2) is 0 Å². The molecule has 1 rings (SSSR count). The van der Waals surface area contributed by atoms with Crippen molar-refractivity contribution in [2.45, 2.75) is 32.2 Å². The quantitative estimate of drug-likeness (QED) is 0.654. The summed E-state index contributed by atoms with van der Waals surface area (Å²) in [6.07, 6.45) is 3.46. The van der Waals surface area contributed by atoms with E-state index in [2.05, 4.69) is 17.1 Å². The minimum absolute atomic E-state index is 0.305. The predicted octanol–water partition coefficient (Wildman–Crippen LogP) is 0.443. The van der Waals surface area contributed by atoms with E-state index in [4.69, 9.17) is 5.11 Å². The first kappa shape index (κ1) is 11.0. The monoisotopic (exact) mass is 186 g/mol. The molecule has 1 aliphatic rings. The van der Waals surface area contributed by atoms with Crippen molar-refractivity contribution in [2.24, 2.45) is 0 Å². The fraction of sp³-hybridized carbons (Fsp3) is 1.00. The topological polar surface area (TPSA) is 35.5 Å². The molecule has 3 heteroatoms. The van der Waals surface area contributed by atoms with Gasteiger partial charge >= 0.3 is 0 Å². The molecule has 0 radical (unpaired) electrons. The van der Waals surface area contributed by atoms with Crippen molar-refractivity contribution in [1.29, 1.82) is 0 Å². The molecule has 0 unspecified atom stereocenters. The maximum atomic E-state index is 8.82. The van der Waals surface area contributed by atoms with Gasteiger partial charge < -0.3 is 15.3 Å². The highest BCUT2D eigenvalue weighted by molar-refractivity contribution is 4.77. The molecule has 0 aromatic heterocycles. The molecule has 13 heavy (non-hydrogen) atoms. The minimum Gasteiger partial charge on any atom is -0.396 e. The van der Waals surface area contributed by atoms with Gasteiger partial charge in [0.25, 0.3) is 0 Å². The van der Waals surface area contributed by atoms with E-state index < -0.39 is 0 Å². The average molecular weight is 186 g/mol. The largest absolute Gasteiger partial charge is 0.396 e. The summed E-state index contributed by atoms with van der Waals surface area (Å²) in [5.74, 6) is 0. The van der Waals surface area contributed by atoms with Gasteiger partial charge in [-0.15, -0.1) is 0 Å². The van der Waals surface area contributed by atoms with Gasteiger partial charge in [0.1, 0.15) is 0 Å². The molecule has 0 bridgehead atoms. The van der Waals surface area contributed by atoms with E-state index in [0.717, 1.165) is 19.5 Å². The fourth-order valence-electron chi connectivity index (χ4n) is 1.83. The maximum Gasteiger partial charge on any atom is 0.0446 e. The van der Waals surface area contributed by atoms with Gasteiger partial charge in [0.2, 0.25) is 0 Å². The Balaban J connectivity index is 2.16. The summed E-state index contributed by atoms with van der Waals surface area (Å²) in [7, 11) is 0. The van der Waals surface area contributed by atoms with E-state index in [1.54, 1.807) is 0 Å². The molecule has 0 aromatic rings. The Morgan fingerprint density at radius 2 is 2.38 bits per heavy atom. The van der Waals surface area contributed by atoms with Crippen LogP contribution in [0.2, 0.25) is 0 Å². The third kappa shape index (κ3) is 4.07. The number of rotatable bonds is 5. The van der Waals surface area contributed by atoms with Crippen molar-refractivity contribution in [3.05, 3.63) is 0 Å². The van der Waals surface area contributed by atoms with Crippen molar-refractivity contribution >= 4 is 0 Å². The zero-order valence-corrected chi connectivity index (χ0v) is 8.63. The molecule has 3 nitrogen and oxygen atoms in total. The molecule has 1 saturated heterocycles. The van der Waals surface area contributed by atoms with Crippen molar-refractivity contribution in [3.63, 3.8) is 0 Å². The van der Waals surface area contributed by atoms with Gasteiger partial charge in [-0.3, -0.25) is 0 Å². The Kier molecular flexibility index (Phi) is 5.35. The van der Waals surface area contributed by atoms with E-state index in [9.17, 15) is 0 Å². The summed E-state index contributed by atoms with van der Waals surface area (Å²) in [4.78, 5) is 2.50. The lowest BCUT2D eigenvalue weighted by Gasteiger charge is -2.33. The Morgan fingerprint density at radius 1 is 1.54 bits per heavy atom. The number of aliphatic hydroxyl groups excluding tert-OH is 1. The standard InChI is InChI=1S/C10H22N2O/c1-2-3-6-12-7-5-11-10(9-12)4-8-13/h10-11,13H,2-9H2,1H3/t10-/m0/s1. The SMILES string of the molecule is CCCCN1CCN[C@@H](CCO)C1. The minimum atomic E-state index is 0.305. The summed E-state index contributed by atoms with van der Waals surface area (Å²) in [6.45, 7) is 7.11. The van der Waals surface area contributed by atoms with Crippen LogP contribution in [0.5, 0.6) is 0 Å². The van der Waals surface area contributed by atoms with Gasteiger partial charge in [-0.25, -0.2) is 0 Å². The van der Waals surface area contributed by atoms with Crippen LogP contribution in [0.1, 0.15) is 26.2 Å². The maximum absolute atomic E-state index is 8.82.